The van der Waals surface area contributed by atoms with E-state index in [0.29, 0.717) is 5.75 Å². The van der Waals surface area contributed by atoms with Crippen LogP contribution in [0.25, 0.3) is 11.1 Å². The van der Waals surface area contributed by atoms with Crippen LogP contribution in [0.1, 0.15) is 25.5 Å². The summed E-state index contributed by atoms with van der Waals surface area (Å²) >= 11 is 0. The minimum Gasteiger partial charge on any atom is -0.482 e. The van der Waals surface area contributed by atoms with Crippen molar-refractivity contribution in [1.29, 1.82) is 0 Å². The number of hydrogen-bond acceptors (Lipinski definition) is 4. The zero-order chi connectivity index (χ0) is 19.9. The Morgan fingerprint density at radius 2 is 1.43 bits per heavy atom. The zero-order valence-electron chi connectivity index (χ0n) is 16.1. The second kappa shape index (κ2) is 9.20. The predicted octanol–water partition coefficient (Wildman–Crippen LogP) is 4.75. The van der Waals surface area contributed by atoms with E-state index in [1.807, 2.05) is 67.6 Å². The zero-order valence-corrected chi connectivity index (χ0v) is 16.1. The number of carbonyl (C=O) groups excluding carboxylic acids is 1. The van der Waals surface area contributed by atoms with E-state index in [1.165, 1.54) is 0 Å². The number of hydrogen-bond donors (Lipinski definition) is 1. The SMILES string of the molecule is C[C@H](N)C(=O)O[C@@H](C)[C@H](Oc1ccccc1)c1cccc(-c2ccccc2)c1. The first-order valence-electron chi connectivity index (χ1n) is 9.38. The van der Waals surface area contributed by atoms with Crippen molar-refractivity contribution < 1.29 is 14.3 Å². The average molecular weight is 375 g/mol. The Hall–Kier alpha value is -3.11. The number of para-hydroxylation sites is 1. The van der Waals surface area contributed by atoms with Crippen molar-refractivity contribution in [1.82, 2.24) is 0 Å². The van der Waals surface area contributed by atoms with E-state index < -0.39 is 24.2 Å². The van der Waals surface area contributed by atoms with Crippen LogP contribution in [0.5, 0.6) is 5.75 Å². The lowest BCUT2D eigenvalue weighted by molar-refractivity contribution is -0.154. The molecule has 0 saturated heterocycles. The molecule has 4 nitrogen and oxygen atoms in total. The van der Waals surface area contributed by atoms with E-state index in [4.69, 9.17) is 15.2 Å². The molecule has 0 saturated carbocycles. The van der Waals surface area contributed by atoms with Crippen molar-refractivity contribution in [2.45, 2.75) is 32.1 Å². The lowest BCUT2D eigenvalue weighted by Crippen LogP contribution is -2.34. The summed E-state index contributed by atoms with van der Waals surface area (Å²) < 4.78 is 11.8. The summed E-state index contributed by atoms with van der Waals surface area (Å²) in [5.74, 6) is 0.259. The highest BCUT2D eigenvalue weighted by Crippen LogP contribution is 2.30. The molecule has 2 N–H and O–H groups in total. The van der Waals surface area contributed by atoms with Gasteiger partial charge in [0, 0.05) is 0 Å². The van der Waals surface area contributed by atoms with E-state index in [0.717, 1.165) is 16.7 Å². The van der Waals surface area contributed by atoms with Crippen molar-refractivity contribution >= 4 is 5.97 Å². The maximum atomic E-state index is 12.0. The highest BCUT2D eigenvalue weighted by Gasteiger charge is 2.26. The van der Waals surface area contributed by atoms with Gasteiger partial charge in [0.15, 0.2) is 6.10 Å². The molecule has 0 unspecified atom stereocenters. The highest BCUT2D eigenvalue weighted by molar-refractivity contribution is 5.75. The quantitative estimate of drug-likeness (QED) is 0.605. The highest BCUT2D eigenvalue weighted by atomic mass is 16.6. The fraction of sp³-hybridized carbons (Fsp3) is 0.208. The Kier molecular flexibility index (Phi) is 6.45. The van der Waals surface area contributed by atoms with Crippen LogP contribution in [0.15, 0.2) is 84.9 Å². The van der Waals surface area contributed by atoms with Crippen LogP contribution in [-0.2, 0) is 9.53 Å². The molecule has 0 aromatic heterocycles. The molecule has 0 heterocycles. The molecule has 0 bridgehead atoms. The lowest BCUT2D eigenvalue weighted by Gasteiger charge is -2.26. The molecule has 3 atom stereocenters. The Balaban J connectivity index is 1.93. The van der Waals surface area contributed by atoms with E-state index >= 15 is 0 Å². The van der Waals surface area contributed by atoms with Gasteiger partial charge in [-0.3, -0.25) is 4.79 Å². The van der Waals surface area contributed by atoms with Crippen LogP contribution < -0.4 is 10.5 Å². The second-order valence-corrected chi connectivity index (χ2v) is 6.77. The van der Waals surface area contributed by atoms with E-state index in [2.05, 4.69) is 24.3 Å². The molecule has 0 aliphatic heterocycles. The topological polar surface area (TPSA) is 61.6 Å². The Morgan fingerprint density at radius 1 is 0.821 bits per heavy atom. The van der Waals surface area contributed by atoms with Gasteiger partial charge in [0.25, 0.3) is 0 Å². The van der Waals surface area contributed by atoms with Crippen LogP contribution in [0.2, 0.25) is 0 Å². The third-order valence-corrected chi connectivity index (χ3v) is 4.43. The molecule has 3 aromatic rings. The first-order chi connectivity index (χ1) is 13.5. The molecule has 0 fully saturated rings. The number of benzene rings is 3. The number of nitrogens with two attached hydrogens (primary N) is 1. The maximum Gasteiger partial charge on any atom is 0.323 e. The van der Waals surface area contributed by atoms with E-state index in [9.17, 15) is 4.79 Å². The van der Waals surface area contributed by atoms with Gasteiger partial charge >= 0.3 is 5.97 Å². The smallest absolute Gasteiger partial charge is 0.323 e. The maximum absolute atomic E-state index is 12.0. The van der Waals surface area contributed by atoms with Gasteiger partial charge in [0.05, 0.1) is 0 Å². The normalized spacial score (nSPS) is 14.0. The third-order valence-electron chi connectivity index (χ3n) is 4.43. The van der Waals surface area contributed by atoms with Crippen LogP contribution in [0, 0.1) is 0 Å². The molecule has 28 heavy (non-hydrogen) atoms. The third kappa shape index (κ3) is 4.99. The molecule has 0 radical (unpaired) electrons. The molecule has 0 aliphatic carbocycles. The number of rotatable bonds is 7. The summed E-state index contributed by atoms with van der Waals surface area (Å²) in [5.41, 5.74) is 8.77. The summed E-state index contributed by atoms with van der Waals surface area (Å²) in [6.45, 7) is 3.43. The van der Waals surface area contributed by atoms with Gasteiger partial charge in [-0.2, -0.15) is 0 Å². The van der Waals surface area contributed by atoms with Crippen LogP contribution in [-0.4, -0.2) is 18.1 Å². The van der Waals surface area contributed by atoms with Crippen molar-refractivity contribution in [2.75, 3.05) is 0 Å². The predicted molar refractivity (Wildman–Crippen MR) is 111 cm³/mol. The Morgan fingerprint density at radius 3 is 2.07 bits per heavy atom. The number of carbonyl (C=O) groups is 1. The molecule has 0 amide bonds. The minimum atomic E-state index is -0.685. The standard InChI is InChI=1S/C24H25NO3/c1-17(25)24(26)27-18(2)23(28-22-14-7-4-8-15-22)21-13-9-12-20(16-21)19-10-5-3-6-11-19/h3-18,23H,25H2,1-2H3/t17-,18-,23-/m0/s1. The largest absolute Gasteiger partial charge is 0.482 e. The fourth-order valence-electron chi connectivity index (χ4n) is 2.96. The monoisotopic (exact) mass is 375 g/mol. The molecule has 0 aliphatic rings. The molecular formula is C24H25NO3. The first kappa shape index (κ1) is 19.6. The summed E-state index contributed by atoms with van der Waals surface area (Å²) in [4.78, 5) is 12.0. The molecule has 0 spiro atoms. The summed E-state index contributed by atoms with van der Waals surface area (Å²) in [7, 11) is 0. The molecule has 3 aromatic carbocycles. The molecule has 144 valence electrons. The fourth-order valence-corrected chi connectivity index (χ4v) is 2.96. The van der Waals surface area contributed by atoms with Gasteiger partial charge in [-0.1, -0.05) is 66.7 Å². The van der Waals surface area contributed by atoms with Gasteiger partial charge in [0.2, 0.25) is 0 Å². The van der Waals surface area contributed by atoms with E-state index in [-0.39, 0.29) is 0 Å². The van der Waals surface area contributed by atoms with Crippen molar-refractivity contribution in [3.63, 3.8) is 0 Å². The summed E-state index contributed by atoms with van der Waals surface area (Å²) in [6, 6.07) is 27.0. The molecule has 4 heteroatoms. The Labute approximate surface area is 165 Å². The second-order valence-electron chi connectivity index (χ2n) is 6.77. The van der Waals surface area contributed by atoms with Gasteiger partial charge in [-0.15, -0.1) is 0 Å². The Bertz CT molecular complexity index is 894. The molecule has 3 rings (SSSR count). The molecular weight excluding hydrogens is 350 g/mol. The van der Waals surface area contributed by atoms with Gasteiger partial charge in [-0.05, 0) is 48.7 Å². The lowest BCUT2D eigenvalue weighted by atomic mass is 9.98. The van der Waals surface area contributed by atoms with Crippen molar-refractivity contribution in [3.05, 3.63) is 90.5 Å². The summed E-state index contributed by atoms with van der Waals surface area (Å²) in [6.07, 6.45) is -0.974. The van der Waals surface area contributed by atoms with Crippen LogP contribution in [0.4, 0.5) is 0 Å². The van der Waals surface area contributed by atoms with E-state index in [1.54, 1.807) is 6.92 Å². The number of ether oxygens (including phenoxy) is 2. The van der Waals surface area contributed by atoms with Gasteiger partial charge in [0.1, 0.15) is 17.9 Å². The average Bonchev–Trinajstić information content (AvgIpc) is 2.73. The van der Waals surface area contributed by atoms with Crippen molar-refractivity contribution in [3.8, 4) is 16.9 Å². The first-order valence-corrected chi connectivity index (χ1v) is 9.38. The van der Waals surface area contributed by atoms with Gasteiger partial charge < -0.3 is 15.2 Å². The van der Waals surface area contributed by atoms with Crippen molar-refractivity contribution in [2.24, 2.45) is 5.73 Å². The number of esters is 1. The van der Waals surface area contributed by atoms with Crippen LogP contribution >= 0.6 is 0 Å². The van der Waals surface area contributed by atoms with Gasteiger partial charge in [-0.25, -0.2) is 0 Å². The minimum absolute atomic E-state index is 0.451. The van der Waals surface area contributed by atoms with Crippen LogP contribution in [0.3, 0.4) is 0 Å². The summed E-state index contributed by atoms with van der Waals surface area (Å²) in [5, 5.41) is 0.